The number of rotatable bonds is 5. The van der Waals surface area contributed by atoms with Crippen LogP contribution in [0.5, 0.6) is 0 Å². The number of H-pyrrole nitrogens is 1. The van der Waals surface area contributed by atoms with Crippen LogP contribution in [0.4, 0.5) is 0 Å². The van der Waals surface area contributed by atoms with Crippen molar-refractivity contribution < 1.29 is 8.42 Å². The van der Waals surface area contributed by atoms with E-state index in [0.717, 1.165) is 6.42 Å². The van der Waals surface area contributed by atoms with Crippen molar-refractivity contribution >= 4 is 32.7 Å². The minimum Gasteiger partial charge on any atom is -0.370 e. The zero-order chi connectivity index (χ0) is 21.5. The highest BCUT2D eigenvalue weighted by Crippen LogP contribution is 2.38. The van der Waals surface area contributed by atoms with Gasteiger partial charge in [-0.2, -0.15) is 0 Å². The van der Waals surface area contributed by atoms with Crippen LogP contribution in [0, 0.1) is 11.8 Å². The van der Waals surface area contributed by atoms with E-state index >= 15 is 0 Å². The van der Waals surface area contributed by atoms with Crippen molar-refractivity contribution in [1.29, 1.82) is 0 Å². The first-order chi connectivity index (χ1) is 14.2. The summed E-state index contributed by atoms with van der Waals surface area (Å²) in [5.74, 6) is 0.110. The van der Waals surface area contributed by atoms with Crippen molar-refractivity contribution in [3.05, 3.63) is 30.4 Å². The first kappa shape index (κ1) is 20.8. The fourth-order valence-electron chi connectivity index (χ4n) is 4.18. The Morgan fingerprint density at radius 1 is 1.40 bits per heavy atom. The third kappa shape index (κ3) is 3.80. The molecule has 1 saturated heterocycles. The molecular weight excluding hydrogens is 404 g/mol. The standard InChI is InChI=1S/C19H28N8O2S/c1-12(2)11-30(28,29)27-7-3-4-13(10-27)19(21)14(8-24-18(20)26-19)16-9-23-17-15(25-16)5-6-22-17/h5-6,8-9,12-13H,3-4,7,10-11,21H2,1-2H3,(H,22,23)(H3,20,24,26)/t13-,19?/m0/s1. The van der Waals surface area contributed by atoms with Gasteiger partial charge in [-0.25, -0.2) is 27.7 Å². The van der Waals surface area contributed by atoms with E-state index in [2.05, 4.69) is 25.3 Å². The van der Waals surface area contributed by atoms with E-state index < -0.39 is 15.7 Å². The summed E-state index contributed by atoms with van der Waals surface area (Å²) < 4.78 is 27.2. The Bertz CT molecular complexity index is 1110. The molecule has 4 heterocycles. The summed E-state index contributed by atoms with van der Waals surface area (Å²) in [5.41, 5.74) is 14.2. The molecule has 0 saturated carbocycles. The van der Waals surface area contributed by atoms with Crippen LogP contribution in [-0.2, 0) is 10.0 Å². The molecule has 0 radical (unpaired) electrons. The highest BCUT2D eigenvalue weighted by atomic mass is 32.2. The van der Waals surface area contributed by atoms with E-state index in [0.29, 0.717) is 41.9 Å². The SMILES string of the molecule is CC(C)CS(=O)(=O)N1CCC[C@H](C2(N)N=C(N)NC=C2c2cnc3[nH]ccc3n2)C1. The second-order valence-electron chi connectivity index (χ2n) is 8.36. The van der Waals surface area contributed by atoms with Gasteiger partial charge >= 0.3 is 0 Å². The van der Waals surface area contributed by atoms with Gasteiger partial charge in [-0.3, -0.25) is 0 Å². The van der Waals surface area contributed by atoms with E-state index in [1.807, 2.05) is 19.9 Å². The maximum absolute atomic E-state index is 12.8. The lowest BCUT2D eigenvalue weighted by Crippen LogP contribution is -2.57. The van der Waals surface area contributed by atoms with Gasteiger partial charge in [-0.15, -0.1) is 0 Å². The minimum atomic E-state index is -3.37. The summed E-state index contributed by atoms with van der Waals surface area (Å²) >= 11 is 0. The Kier molecular flexibility index (Phi) is 5.28. The Balaban J connectivity index is 1.68. The zero-order valence-electron chi connectivity index (χ0n) is 17.2. The van der Waals surface area contributed by atoms with Gasteiger partial charge < -0.3 is 21.8 Å². The molecule has 10 nitrogen and oxygen atoms in total. The predicted octanol–water partition coefficient (Wildman–Crippen LogP) is 0.570. The molecule has 2 aromatic rings. The van der Waals surface area contributed by atoms with Crippen molar-refractivity contribution in [3.63, 3.8) is 0 Å². The van der Waals surface area contributed by atoms with Crippen molar-refractivity contribution in [2.75, 3.05) is 18.8 Å². The van der Waals surface area contributed by atoms with E-state index in [1.165, 1.54) is 0 Å². The highest BCUT2D eigenvalue weighted by molar-refractivity contribution is 7.89. The molecule has 2 aliphatic heterocycles. The maximum atomic E-state index is 12.8. The average molecular weight is 433 g/mol. The second-order valence-corrected chi connectivity index (χ2v) is 10.4. The first-order valence-electron chi connectivity index (χ1n) is 10.1. The first-order valence-corrected chi connectivity index (χ1v) is 11.7. The molecule has 1 fully saturated rings. The van der Waals surface area contributed by atoms with Gasteiger partial charge in [0, 0.05) is 37.0 Å². The normalized spacial score (nSPS) is 25.8. The molecule has 2 aromatic heterocycles. The Hall–Kier alpha value is -2.50. The molecule has 0 bridgehead atoms. The minimum absolute atomic E-state index is 0.0496. The molecule has 6 N–H and O–H groups in total. The number of piperidine rings is 1. The molecule has 4 rings (SSSR count). The summed E-state index contributed by atoms with van der Waals surface area (Å²) in [5, 5.41) is 2.91. The molecule has 0 spiro atoms. The van der Waals surface area contributed by atoms with Crippen molar-refractivity contribution in [1.82, 2.24) is 24.6 Å². The maximum Gasteiger partial charge on any atom is 0.214 e. The Labute approximate surface area is 175 Å². The number of hydrogen-bond acceptors (Lipinski definition) is 8. The smallest absolute Gasteiger partial charge is 0.214 e. The van der Waals surface area contributed by atoms with Crippen LogP contribution in [0.3, 0.4) is 0 Å². The number of nitrogens with zero attached hydrogens (tertiary/aromatic N) is 4. The number of aromatic nitrogens is 3. The third-order valence-electron chi connectivity index (χ3n) is 5.58. The van der Waals surface area contributed by atoms with Crippen LogP contribution in [0.15, 0.2) is 29.7 Å². The van der Waals surface area contributed by atoms with Gasteiger partial charge in [0.2, 0.25) is 10.0 Å². The fourth-order valence-corrected chi connectivity index (χ4v) is 6.05. The molecule has 30 heavy (non-hydrogen) atoms. The summed E-state index contributed by atoms with van der Waals surface area (Å²) in [6, 6.07) is 1.83. The number of guanidine groups is 1. The van der Waals surface area contributed by atoms with Crippen molar-refractivity contribution in [2.24, 2.45) is 28.3 Å². The van der Waals surface area contributed by atoms with Gasteiger partial charge in [-0.05, 0) is 24.8 Å². The van der Waals surface area contributed by atoms with Crippen LogP contribution in [-0.4, -0.2) is 58.1 Å². The van der Waals surface area contributed by atoms with Gasteiger partial charge in [0.15, 0.2) is 11.6 Å². The summed E-state index contributed by atoms with van der Waals surface area (Å²) in [6.07, 6.45) is 6.55. The van der Waals surface area contributed by atoms with E-state index in [1.54, 1.807) is 22.9 Å². The molecule has 0 aromatic carbocycles. The molecule has 0 aliphatic carbocycles. The van der Waals surface area contributed by atoms with E-state index in [9.17, 15) is 8.42 Å². The quantitative estimate of drug-likeness (QED) is 0.538. The summed E-state index contributed by atoms with van der Waals surface area (Å²) in [4.78, 5) is 16.6. The lowest BCUT2D eigenvalue weighted by atomic mass is 9.80. The molecule has 11 heteroatoms. The Morgan fingerprint density at radius 2 is 2.20 bits per heavy atom. The van der Waals surface area contributed by atoms with Crippen molar-refractivity contribution in [3.8, 4) is 0 Å². The molecule has 0 amide bonds. The number of aliphatic imine (C=N–C) groups is 1. The van der Waals surface area contributed by atoms with Crippen LogP contribution in [0.25, 0.3) is 16.7 Å². The molecule has 1 unspecified atom stereocenters. The monoisotopic (exact) mass is 432 g/mol. The third-order valence-corrected chi connectivity index (χ3v) is 7.79. The topological polar surface area (TPSA) is 155 Å². The van der Waals surface area contributed by atoms with Gasteiger partial charge in [-0.1, -0.05) is 13.8 Å². The van der Waals surface area contributed by atoms with E-state index in [-0.39, 0.29) is 23.5 Å². The van der Waals surface area contributed by atoms with Crippen LogP contribution in [0.2, 0.25) is 0 Å². The average Bonchev–Trinajstić information content (AvgIpc) is 3.15. The fraction of sp³-hybridized carbons (Fsp3) is 0.526. The largest absolute Gasteiger partial charge is 0.370 e. The number of sulfonamides is 1. The number of hydrogen-bond donors (Lipinski definition) is 4. The molecule has 162 valence electrons. The zero-order valence-corrected chi connectivity index (χ0v) is 18.0. The molecule has 2 atom stereocenters. The number of fused-ring (bicyclic) bond motifs is 1. The van der Waals surface area contributed by atoms with Crippen molar-refractivity contribution in [2.45, 2.75) is 32.4 Å². The van der Waals surface area contributed by atoms with E-state index in [4.69, 9.17) is 11.5 Å². The molecule has 2 aliphatic rings. The second kappa shape index (κ2) is 7.64. The lowest BCUT2D eigenvalue weighted by molar-refractivity contribution is 0.208. The Morgan fingerprint density at radius 3 is 2.97 bits per heavy atom. The predicted molar refractivity (Wildman–Crippen MR) is 116 cm³/mol. The number of nitrogens with one attached hydrogen (secondary N) is 2. The highest BCUT2D eigenvalue weighted by Gasteiger charge is 2.45. The van der Waals surface area contributed by atoms with Gasteiger partial charge in [0.1, 0.15) is 11.2 Å². The van der Waals surface area contributed by atoms with Crippen LogP contribution < -0.4 is 16.8 Å². The number of aromatic amines is 1. The van der Waals surface area contributed by atoms with Crippen LogP contribution >= 0.6 is 0 Å². The molecular formula is C19H28N8O2S. The summed E-state index contributed by atoms with van der Waals surface area (Å²) in [7, 11) is -3.37. The van der Waals surface area contributed by atoms with Gasteiger partial charge in [0.05, 0.1) is 17.6 Å². The number of nitrogens with two attached hydrogens (primary N) is 2. The van der Waals surface area contributed by atoms with Crippen LogP contribution in [0.1, 0.15) is 32.4 Å². The lowest BCUT2D eigenvalue weighted by Gasteiger charge is -2.42. The van der Waals surface area contributed by atoms with Gasteiger partial charge in [0.25, 0.3) is 0 Å². The summed E-state index contributed by atoms with van der Waals surface area (Å²) in [6.45, 7) is 4.59.